The van der Waals surface area contributed by atoms with Crippen molar-refractivity contribution >= 4 is 17.5 Å². The van der Waals surface area contributed by atoms with E-state index in [-0.39, 0.29) is 20.0 Å². The largest absolute Gasteiger partial charge is 0.454 e. The van der Waals surface area contributed by atoms with Crippen molar-refractivity contribution in [1.29, 1.82) is 0 Å². The molecule has 0 bridgehead atoms. The number of hydrogen-bond acceptors (Lipinski definition) is 4. The molecule has 6 heteroatoms. The second kappa shape index (κ2) is 7.71. The van der Waals surface area contributed by atoms with Gasteiger partial charge in [0.1, 0.15) is 0 Å². The smallest absolute Gasteiger partial charge is 0.251 e. The monoisotopic (exact) mass is 430 g/mol. The zero-order chi connectivity index (χ0) is 22.3. The van der Waals surface area contributed by atoms with E-state index in [9.17, 15) is 9.59 Å². The van der Waals surface area contributed by atoms with Crippen molar-refractivity contribution in [2.45, 2.75) is 25.2 Å². The molecule has 164 valence electrons. The van der Waals surface area contributed by atoms with E-state index in [2.05, 4.69) is 10.6 Å². The van der Waals surface area contributed by atoms with Crippen molar-refractivity contribution in [2.24, 2.45) is 0 Å². The van der Waals surface area contributed by atoms with Crippen molar-refractivity contribution in [1.82, 2.24) is 5.32 Å². The number of carbonyl (C=O) groups is 2. The van der Waals surface area contributed by atoms with Gasteiger partial charge in [-0.25, -0.2) is 0 Å². The molecule has 2 amide bonds. The van der Waals surface area contributed by atoms with Crippen LogP contribution in [0.15, 0.2) is 60.7 Å². The standard InChI is InChI=1S/C26H24N2O4.H2/c1-16-12-20(7-8-21(16)17-4-3-5-18(13-17)24(29)27-2)28-25(30)26(10-11-26)19-6-9-22-23(14-19)32-15-31-22;/h3-9,12-14H,10-11,15H2,1-2H3,(H,27,29)(H,28,30);1H. The highest BCUT2D eigenvalue weighted by Gasteiger charge is 2.51. The Kier molecular flexibility index (Phi) is 4.85. The van der Waals surface area contributed by atoms with Crippen LogP contribution in [0.4, 0.5) is 5.69 Å². The van der Waals surface area contributed by atoms with Gasteiger partial charge in [-0.05, 0) is 78.4 Å². The van der Waals surface area contributed by atoms with Gasteiger partial charge in [0.25, 0.3) is 5.91 Å². The normalized spacial score (nSPS) is 15.2. The second-order valence-corrected chi connectivity index (χ2v) is 8.29. The number of amides is 2. The van der Waals surface area contributed by atoms with Crippen molar-refractivity contribution in [3.05, 3.63) is 77.4 Å². The number of hydrogen-bond donors (Lipinski definition) is 2. The summed E-state index contributed by atoms with van der Waals surface area (Å²) >= 11 is 0. The topological polar surface area (TPSA) is 76.7 Å². The lowest BCUT2D eigenvalue weighted by Gasteiger charge is -2.17. The zero-order valence-corrected chi connectivity index (χ0v) is 18.0. The van der Waals surface area contributed by atoms with Crippen molar-refractivity contribution in [2.75, 3.05) is 19.2 Å². The average molecular weight is 431 g/mol. The molecule has 32 heavy (non-hydrogen) atoms. The molecule has 0 radical (unpaired) electrons. The van der Waals surface area contributed by atoms with E-state index in [4.69, 9.17) is 9.47 Å². The maximum atomic E-state index is 13.2. The van der Waals surface area contributed by atoms with Crippen molar-refractivity contribution in [3.8, 4) is 22.6 Å². The summed E-state index contributed by atoms with van der Waals surface area (Å²) in [7, 11) is 1.62. The second-order valence-electron chi connectivity index (χ2n) is 8.29. The average Bonchev–Trinajstić information content (AvgIpc) is 3.49. The summed E-state index contributed by atoms with van der Waals surface area (Å²) in [4.78, 5) is 25.2. The number of ether oxygens (including phenoxy) is 2. The molecule has 0 saturated heterocycles. The van der Waals surface area contributed by atoms with Crippen LogP contribution in [0.25, 0.3) is 11.1 Å². The van der Waals surface area contributed by atoms with E-state index in [0.29, 0.717) is 11.3 Å². The predicted molar refractivity (Wildman–Crippen MR) is 124 cm³/mol. The lowest BCUT2D eigenvalue weighted by Crippen LogP contribution is -2.27. The first-order chi connectivity index (χ1) is 15.5. The Morgan fingerprint density at radius 3 is 2.53 bits per heavy atom. The molecule has 0 unspecified atom stereocenters. The minimum atomic E-state index is -0.518. The molecule has 3 aromatic rings. The molecule has 1 saturated carbocycles. The molecule has 5 rings (SSSR count). The minimum absolute atomic E-state index is 0. The Balaban J connectivity index is 0.00000259. The highest BCUT2D eigenvalue weighted by molar-refractivity contribution is 6.02. The van der Waals surface area contributed by atoms with Gasteiger partial charge in [0.2, 0.25) is 12.7 Å². The van der Waals surface area contributed by atoms with Gasteiger partial charge in [-0.3, -0.25) is 9.59 Å². The maximum Gasteiger partial charge on any atom is 0.251 e. The van der Waals surface area contributed by atoms with Gasteiger partial charge >= 0.3 is 0 Å². The van der Waals surface area contributed by atoms with Crippen LogP contribution in [0.5, 0.6) is 11.5 Å². The van der Waals surface area contributed by atoms with E-state index in [1.807, 2.05) is 61.5 Å². The molecule has 0 aromatic heterocycles. The number of fused-ring (bicyclic) bond motifs is 1. The number of anilines is 1. The van der Waals surface area contributed by atoms with Crippen LogP contribution in [0.3, 0.4) is 0 Å². The Bertz CT molecular complexity index is 1240. The lowest BCUT2D eigenvalue weighted by atomic mass is 9.94. The Morgan fingerprint density at radius 1 is 0.969 bits per heavy atom. The van der Waals surface area contributed by atoms with Crippen LogP contribution < -0.4 is 20.1 Å². The van der Waals surface area contributed by atoms with E-state index in [1.54, 1.807) is 13.1 Å². The summed E-state index contributed by atoms with van der Waals surface area (Å²) in [5.74, 6) is 1.29. The first-order valence-electron chi connectivity index (χ1n) is 10.6. The minimum Gasteiger partial charge on any atom is -0.454 e. The first-order valence-corrected chi connectivity index (χ1v) is 10.6. The highest BCUT2D eigenvalue weighted by atomic mass is 16.7. The third kappa shape index (κ3) is 3.47. The maximum absolute atomic E-state index is 13.2. The number of carbonyl (C=O) groups excluding carboxylic acids is 2. The van der Waals surface area contributed by atoms with Crippen LogP contribution in [0, 0.1) is 6.92 Å². The molecule has 1 fully saturated rings. The van der Waals surface area contributed by atoms with E-state index in [1.165, 1.54) is 0 Å². The molecule has 0 atom stereocenters. The predicted octanol–water partition coefficient (Wildman–Crippen LogP) is 4.67. The SMILES string of the molecule is CNC(=O)c1cccc(-c2ccc(NC(=O)C3(c4ccc5c(c4)OCO5)CC3)cc2C)c1.[HH]. The summed E-state index contributed by atoms with van der Waals surface area (Å²) in [5, 5.41) is 5.75. The molecular formula is C26H26N2O4. The summed E-state index contributed by atoms with van der Waals surface area (Å²) < 4.78 is 10.9. The molecule has 1 aliphatic heterocycles. The molecule has 1 heterocycles. The van der Waals surface area contributed by atoms with Crippen molar-refractivity contribution < 1.29 is 20.5 Å². The number of nitrogens with one attached hydrogen (secondary N) is 2. The Hall–Kier alpha value is -3.80. The van der Waals surface area contributed by atoms with Gasteiger partial charge < -0.3 is 20.1 Å². The number of rotatable bonds is 5. The van der Waals surface area contributed by atoms with Gasteiger partial charge in [-0.1, -0.05) is 24.3 Å². The third-order valence-corrected chi connectivity index (χ3v) is 6.26. The fourth-order valence-electron chi connectivity index (χ4n) is 4.25. The summed E-state index contributed by atoms with van der Waals surface area (Å²) in [6.07, 6.45) is 1.61. The Labute approximate surface area is 188 Å². The fourth-order valence-corrected chi connectivity index (χ4v) is 4.25. The molecule has 2 N–H and O–H groups in total. The molecule has 3 aromatic carbocycles. The summed E-state index contributed by atoms with van der Waals surface area (Å²) in [6, 6.07) is 19.1. The molecule has 2 aliphatic rings. The van der Waals surface area contributed by atoms with Crippen LogP contribution in [-0.2, 0) is 10.2 Å². The van der Waals surface area contributed by atoms with Gasteiger partial charge in [-0.15, -0.1) is 0 Å². The van der Waals surface area contributed by atoms with Crippen LogP contribution in [0.2, 0.25) is 0 Å². The Morgan fingerprint density at radius 2 is 1.78 bits per heavy atom. The molecular weight excluding hydrogens is 404 g/mol. The quantitative estimate of drug-likeness (QED) is 0.617. The zero-order valence-electron chi connectivity index (χ0n) is 18.0. The fraction of sp³-hybridized carbons (Fsp3) is 0.231. The van der Waals surface area contributed by atoms with E-state index < -0.39 is 5.41 Å². The molecule has 1 aliphatic carbocycles. The van der Waals surface area contributed by atoms with E-state index >= 15 is 0 Å². The summed E-state index contributed by atoms with van der Waals surface area (Å²) in [5.41, 5.74) is 4.80. The number of benzene rings is 3. The van der Waals surface area contributed by atoms with Crippen LogP contribution >= 0.6 is 0 Å². The first kappa shape index (κ1) is 20.1. The van der Waals surface area contributed by atoms with Gasteiger partial charge in [0.15, 0.2) is 11.5 Å². The highest BCUT2D eigenvalue weighted by Crippen LogP contribution is 2.51. The van der Waals surface area contributed by atoms with Crippen LogP contribution in [0.1, 0.15) is 35.8 Å². The number of aryl methyl sites for hydroxylation is 1. The molecule has 0 spiro atoms. The summed E-state index contributed by atoms with van der Waals surface area (Å²) in [6.45, 7) is 2.22. The molecule has 6 nitrogen and oxygen atoms in total. The lowest BCUT2D eigenvalue weighted by molar-refractivity contribution is -0.118. The van der Waals surface area contributed by atoms with Gasteiger partial charge in [0, 0.05) is 19.7 Å². The van der Waals surface area contributed by atoms with E-state index in [0.717, 1.165) is 46.5 Å². The van der Waals surface area contributed by atoms with Gasteiger partial charge in [0.05, 0.1) is 5.41 Å². The van der Waals surface area contributed by atoms with Gasteiger partial charge in [-0.2, -0.15) is 0 Å². The third-order valence-electron chi connectivity index (χ3n) is 6.26. The van der Waals surface area contributed by atoms with Crippen LogP contribution in [-0.4, -0.2) is 25.7 Å². The van der Waals surface area contributed by atoms with Crippen molar-refractivity contribution in [3.63, 3.8) is 0 Å².